The second-order valence-corrected chi connectivity index (χ2v) is 5.79. The summed E-state index contributed by atoms with van der Waals surface area (Å²) in [5.41, 5.74) is 0.648. The van der Waals surface area contributed by atoms with Crippen LogP contribution in [0.5, 0.6) is 0 Å². The molecule has 2 rings (SSSR count). The van der Waals surface area contributed by atoms with Crippen LogP contribution >= 0.6 is 0 Å². The predicted octanol–water partition coefficient (Wildman–Crippen LogP) is 0.371. The number of halogens is 1. The zero-order valence-corrected chi connectivity index (χ0v) is 11.6. The molecule has 2 aromatic rings. The number of hydrogen-bond acceptors (Lipinski definition) is 4. The van der Waals surface area contributed by atoms with Gasteiger partial charge in [-0.25, -0.2) is 17.5 Å². The molecule has 0 unspecified atom stereocenters. The van der Waals surface area contributed by atoms with Crippen LogP contribution in [0.4, 0.5) is 4.39 Å². The average molecular weight is 309 g/mol. The summed E-state index contributed by atoms with van der Waals surface area (Å²) in [7, 11) is -3.75. The molecule has 0 aliphatic carbocycles. The molecule has 8 heteroatoms. The molecule has 0 atom stereocenters. The lowest BCUT2D eigenvalue weighted by atomic mass is 10.1. The van der Waals surface area contributed by atoms with Gasteiger partial charge in [-0.2, -0.15) is 5.10 Å². The molecule has 0 amide bonds. The Labute approximate surface area is 121 Å². The molecule has 0 radical (unpaired) electrons. The summed E-state index contributed by atoms with van der Waals surface area (Å²) in [6, 6.07) is 4.07. The number of aliphatic hydroxyl groups is 1. The SMILES string of the molecule is O=S(=O)(NCc1cc(C#CCO)ccc1F)c1cn[nH]c1. The number of sulfonamides is 1. The number of aromatic nitrogens is 2. The average Bonchev–Trinajstić information content (AvgIpc) is 3.00. The van der Waals surface area contributed by atoms with Crippen molar-refractivity contribution in [2.45, 2.75) is 11.4 Å². The highest BCUT2D eigenvalue weighted by atomic mass is 32.2. The minimum atomic E-state index is -3.75. The zero-order chi connectivity index (χ0) is 15.3. The quantitative estimate of drug-likeness (QED) is 0.711. The van der Waals surface area contributed by atoms with Gasteiger partial charge in [-0.3, -0.25) is 5.10 Å². The topological polar surface area (TPSA) is 95.1 Å². The third kappa shape index (κ3) is 3.88. The van der Waals surface area contributed by atoms with E-state index in [9.17, 15) is 12.8 Å². The number of nitrogens with one attached hydrogen (secondary N) is 2. The fourth-order valence-corrected chi connectivity index (χ4v) is 2.48. The molecule has 0 fully saturated rings. The Morgan fingerprint density at radius 2 is 2.24 bits per heavy atom. The van der Waals surface area contributed by atoms with E-state index in [0.29, 0.717) is 5.56 Å². The third-order valence-corrected chi connectivity index (χ3v) is 3.96. The smallest absolute Gasteiger partial charge is 0.243 e. The lowest BCUT2D eigenvalue weighted by Crippen LogP contribution is -2.23. The highest BCUT2D eigenvalue weighted by molar-refractivity contribution is 7.89. The molecule has 0 spiro atoms. The van der Waals surface area contributed by atoms with Gasteiger partial charge in [-0.1, -0.05) is 11.8 Å². The van der Waals surface area contributed by atoms with Crippen LogP contribution in [0.1, 0.15) is 11.1 Å². The Hall–Kier alpha value is -2.21. The van der Waals surface area contributed by atoms with Gasteiger partial charge in [0.2, 0.25) is 10.0 Å². The molecule has 110 valence electrons. The van der Waals surface area contributed by atoms with E-state index in [0.717, 1.165) is 6.20 Å². The van der Waals surface area contributed by atoms with E-state index in [4.69, 9.17) is 5.11 Å². The number of H-pyrrole nitrogens is 1. The van der Waals surface area contributed by atoms with Crippen molar-refractivity contribution in [2.24, 2.45) is 0 Å². The molecule has 1 aromatic carbocycles. The Morgan fingerprint density at radius 3 is 2.90 bits per heavy atom. The number of hydrogen-bond donors (Lipinski definition) is 3. The highest BCUT2D eigenvalue weighted by Gasteiger charge is 2.15. The van der Waals surface area contributed by atoms with Gasteiger partial charge in [0.25, 0.3) is 0 Å². The van der Waals surface area contributed by atoms with Crippen molar-refractivity contribution < 1.29 is 17.9 Å². The maximum absolute atomic E-state index is 13.7. The molecule has 0 aliphatic heterocycles. The van der Waals surface area contributed by atoms with E-state index in [2.05, 4.69) is 26.8 Å². The first-order valence-corrected chi connectivity index (χ1v) is 7.38. The van der Waals surface area contributed by atoms with Crippen LogP contribution in [0, 0.1) is 17.7 Å². The second kappa shape index (κ2) is 6.49. The highest BCUT2D eigenvalue weighted by Crippen LogP contribution is 2.12. The van der Waals surface area contributed by atoms with Gasteiger partial charge in [0.05, 0.1) is 6.20 Å². The Balaban J connectivity index is 2.16. The predicted molar refractivity (Wildman–Crippen MR) is 73.0 cm³/mol. The molecule has 0 saturated carbocycles. The number of rotatable bonds is 4. The first-order chi connectivity index (χ1) is 10.0. The molecular formula is C13H12FN3O3S. The zero-order valence-electron chi connectivity index (χ0n) is 10.8. The van der Waals surface area contributed by atoms with Crippen molar-refractivity contribution in [3.05, 3.63) is 47.5 Å². The van der Waals surface area contributed by atoms with Crippen LogP contribution in [0.3, 0.4) is 0 Å². The third-order valence-electron chi connectivity index (χ3n) is 2.59. The fraction of sp³-hybridized carbons (Fsp3) is 0.154. The number of aromatic amines is 1. The summed E-state index contributed by atoms with van der Waals surface area (Å²) in [5, 5.41) is 14.6. The van der Waals surface area contributed by atoms with Crippen molar-refractivity contribution in [1.29, 1.82) is 0 Å². The van der Waals surface area contributed by atoms with Crippen molar-refractivity contribution in [3.8, 4) is 11.8 Å². The summed E-state index contributed by atoms with van der Waals surface area (Å²) < 4.78 is 39.7. The molecule has 1 heterocycles. The van der Waals surface area contributed by atoms with Gasteiger partial charge in [0, 0.05) is 23.9 Å². The second-order valence-electron chi connectivity index (χ2n) is 4.02. The van der Waals surface area contributed by atoms with Crippen LogP contribution in [0.15, 0.2) is 35.5 Å². The lowest BCUT2D eigenvalue weighted by molar-refractivity contribution is 0.350. The normalized spacial score (nSPS) is 11.0. The summed E-state index contributed by atoms with van der Waals surface area (Å²) in [6.45, 7) is -0.520. The summed E-state index contributed by atoms with van der Waals surface area (Å²) >= 11 is 0. The van der Waals surface area contributed by atoms with Gasteiger partial charge >= 0.3 is 0 Å². The minimum absolute atomic E-state index is 0.0286. The van der Waals surface area contributed by atoms with Crippen molar-refractivity contribution in [3.63, 3.8) is 0 Å². The summed E-state index contributed by atoms with van der Waals surface area (Å²) in [4.78, 5) is -0.0286. The fourth-order valence-electron chi connectivity index (χ4n) is 1.57. The maximum atomic E-state index is 13.7. The molecule has 3 N–H and O–H groups in total. The molecule has 1 aromatic heterocycles. The van der Waals surface area contributed by atoms with Crippen LogP contribution in [-0.4, -0.2) is 30.3 Å². The monoisotopic (exact) mass is 309 g/mol. The Morgan fingerprint density at radius 1 is 1.43 bits per heavy atom. The Bertz CT molecular complexity index is 777. The number of nitrogens with zero attached hydrogens (tertiary/aromatic N) is 1. The van der Waals surface area contributed by atoms with Crippen molar-refractivity contribution in [1.82, 2.24) is 14.9 Å². The van der Waals surface area contributed by atoms with Gasteiger partial charge < -0.3 is 5.11 Å². The molecule has 0 saturated heterocycles. The molecule has 0 bridgehead atoms. The summed E-state index contributed by atoms with van der Waals surface area (Å²) in [6.07, 6.45) is 2.38. The van der Waals surface area contributed by atoms with Crippen molar-refractivity contribution >= 4 is 10.0 Å². The molecule has 6 nitrogen and oxygen atoms in total. The molecule has 21 heavy (non-hydrogen) atoms. The van der Waals surface area contributed by atoms with Gasteiger partial charge in [0.1, 0.15) is 17.3 Å². The van der Waals surface area contributed by atoms with E-state index in [1.807, 2.05) is 0 Å². The number of benzene rings is 1. The van der Waals surface area contributed by atoms with Gasteiger partial charge in [0.15, 0.2) is 0 Å². The van der Waals surface area contributed by atoms with Gasteiger partial charge in [-0.15, -0.1) is 0 Å². The minimum Gasteiger partial charge on any atom is -0.384 e. The Kier molecular flexibility index (Phi) is 4.70. The van der Waals surface area contributed by atoms with Crippen LogP contribution in [0.25, 0.3) is 0 Å². The van der Waals surface area contributed by atoms with Crippen LogP contribution in [-0.2, 0) is 16.6 Å². The summed E-state index contributed by atoms with van der Waals surface area (Å²) in [5.74, 6) is 4.52. The number of aliphatic hydroxyl groups excluding tert-OH is 1. The maximum Gasteiger partial charge on any atom is 0.243 e. The first kappa shape index (κ1) is 15.2. The molecular weight excluding hydrogens is 297 g/mol. The van der Waals surface area contributed by atoms with E-state index < -0.39 is 15.8 Å². The van der Waals surface area contributed by atoms with E-state index in [-0.39, 0.29) is 23.6 Å². The van der Waals surface area contributed by atoms with Crippen LogP contribution < -0.4 is 4.72 Å². The standard InChI is InChI=1S/C13H12FN3O3S/c14-13-4-3-10(2-1-5-18)6-11(13)7-17-21(19,20)12-8-15-16-9-12/h3-4,6,8-9,17-18H,5,7H2,(H,15,16). The van der Waals surface area contributed by atoms with Gasteiger partial charge in [-0.05, 0) is 18.2 Å². The van der Waals surface area contributed by atoms with Crippen LogP contribution in [0.2, 0.25) is 0 Å². The van der Waals surface area contributed by atoms with E-state index >= 15 is 0 Å². The molecule has 0 aliphatic rings. The van der Waals surface area contributed by atoms with E-state index in [1.54, 1.807) is 0 Å². The first-order valence-electron chi connectivity index (χ1n) is 5.89. The lowest BCUT2D eigenvalue weighted by Gasteiger charge is -2.06. The largest absolute Gasteiger partial charge is 0.384 e. The van der Waals surface area contributed by atoms with E-state index in [1.165, 1.54) is 24.4 Å². The van der Waals surface area contributed by atoms with Crippen molar-refractivity contribution in [2.75, 3.05) is 6.61 Å².